The van der Waals surface area contributed by atoms with Gasteiger partial charge in [0.2, 0.25) is 0 Å². The average molecular weight is 336 g/mol. The maximum absolute atomic E-state index is 11.9. The molecule has 0 saturated heterocycles. The number of aromatic amines is 1. The maximum Gasteiger partial charge on any atom is 0.323 e. The molecule has 0 aliphatic carbocycles. The molecule has 2 amide bonds. The number of anilines is 2. The summed E-state index contributed by atoms with van der Waals surface area (Å²) in [6, 6.07) is 12.2. The van der Waals surface area contributed by atoms with Crippen molar-refractivity contribution in [3.05, 3.63) is 51.4 Å². The van der Waals surface area contributed by atoms with Crippen LogP contribution in [0.4, 0.5) is 16.2 Å². The molecule has 0 saturated carbocycles. The van der Waals surface area contributed by atoms with Crippen molar-refractivity contribution in [3.8, 4) is 0 Å². The van der Waals surface area contributed by atoms with E-state index in [1.807, 2.05) is 18.2 Å². The van der Waals surface area contributed by atoms with E-state index in [1.54, 1.807) is 24.3 Å². The lowest BCUT2D eigenvalue weighted by Gasteiger charge is -2.07. The van der Waals surface area contributed by atoms with E-state index >= 15 is 0 Å². The fourth-order valence-electron chi connectivity index (χ4n) is 1.85. The smallest absolute Gasteiger partial charge is 0.323 e. The van der Waals surface area contributed by atoms with E-state index in [2.05, 4.69) is 15.6 Å². The standard InChI is InChI=1S/C14H10ClN3OS2/c15-8-1-3-9(4-2-8)16-13(19)17-10-5-6-11-12(7-10)21-14(20)18-11/h1-7H,(H,18,20)(H2,16,17,19). The van der Waals surface area contributed by atoms with E-state index in [1.165, 1.54) is 11.3 Å². The Labute approximate surface area is 134 Å². The van der Waals surface area contributed by atoms with Gasteiger partial charge >= 0.3 is 6.03 Å². The first-order chi connectivity index (χ1) is 10.1. The zero-order chi connectivity index (χ0) is 14.8. The van der Waals surface area contributed by atoms with Crippen molar-refractivity contribution in [1.82, 2.24) is 4.98 Å². The second kappa shape index (κ2) is 5.85. The third-order valence-corrected chi connectivity index (χ3v) is 4.23. The topological polar surface area (TPSA) is 56.9 Å². The minimum absolute atomic E-state index is 0.309. The van der Waals surface area contributed by atoms with Gasteiger partial charge in [0, 0.05) is 16.4 Å². The highest BCUT2D eigenvalue weighted by atomic mass is 35.5. The first-order valence-corrected chi connectivity index (χ1v) is 7.67. The number of thiazole rings is 1. The number of urea groups is 1. The Morgan fingerprint density at radius 2 is 1.76 bits per heavy atom. The van der Waals surface area contributed by atoms with E-state index in [-0.39, 0.29) is 6.03 Å². The summed E-state index contributed by atoms with van der Waals surface area (Å²) < 4.78 is 1.72. The molecular formula is C14H10ClN3OS2. The summed E-state index contributed by atoms with van der Waals surface area (Å²) in [6.07, 6.45) is 0. The summed E-state index contributed by atoms with van der Waals surface area (Å²) >= 11 is 12.4. The van der Waals surface area contributed by atoms with Gasteiger partial charge in [-0.2, -0.15) is 0 Å². The number of H-pyrrole nitrogens is 1. The molecule has 1 heterocycles. The Bertz CT molecular complexity index is 855. The predicted octanol–water partition coefficient (Wildman–Crippen LogP) is 5.26. The Morgan fingerprint density at radius 3 is 2.52 bits per heavy atom. The zero-order valence-corrected chi connectivity index (χ0v) is 13.0. The first kappa shape index (κ1) is 14.1. The molecule has 0 fully saturated rings. The van der Waals surface area contributed by atoms with E-state index < -0.39 is 0 Å². The van der Waals surface area contributed by atoms with Crippen LogP contribution in [0.15, 0.2) is 42.5 Å². The van der Waals surface area contributed by atoms with Gasteiger partial charge in [0.1, 0.15) is 0 Å². The van der Waals surface area contributed by atoms with Crippen LogP contribution in [0.3, 0.4) is 0 Å². The summed E-state index contributed by atoms with van der Waals surface area (Å²) in [5.74, 6) is 0. The highest BCUT2D eigenvalue weighted by molar-refractivity contribution is 7.73. The number of carbonyl (C=O) groups is 1. The van der Waals surface area contributed by atoms with Crippen LogP contribution in [0.1, 0.15) is 0 Å². The third kappa shape index (κ3) is 3.41. The quantitative estimate of drug-likeness (QED) is 0.560. The Kier molecular flexibility index (Phi) is 3.92. The summed E-state index contributed by atoms with van der Waals surface area (Å²) in [5.41, 5.74) is 2.35. The summed E-state index contributed by atoms with van der Waals surface area (Å²) in [5, 5.41) is 6.14. The molecule has 0 spiro atoms. The fourth-order valence-corrected chi connectivity index (χ4v) is 3.13. The highest BCUT2D eigenvalue weighted by Gasteiger charge is 2.04. The average Bonchev–Trinajstić information content (AvgIpc) is 2.80. The number of halogens is 1. The number of amides is 2. The summed E-state index contributed by atoms with van der Waals surface area (Å²) in [4.78, 5) is 15.0. The van der Waals surface area contributed by atoms with Crippen molar-refractivity contribution in [2.75, 3.05) is 10.6 Å². The number of rotatable bonds is 2. The normalized spacial score (nSPS) is 10.5. The number of hydrogen-bond acceptors (Lipinski definition) is 3. The molecule has 0 aliphatic heterocycles. The van der Waals surface area contributed by atoms with Gasteiger partial charge < -0.3 is 15.6 Å². The number of nitrogens with one attached hydrogen (secondary N) is 3. The molecule has 2 aromatic carbocycles. The zero-order valence-electron chi connectivity index (χ0n) is 10.6. The second-order valence-corrected chi connectivity index (χ2v) is 6.47. The minimum Gasteiger partial charge on any atom is -0.337 e. The monoisotopic (exact) mass is 335 g/mol. The van der Waals surface area contributed by atoms with Crippen LogP contribution < -0.4 is 10.6 Å². The van der Waals surface area contributed by atoms with Gasteiger partial charge in [0.25, 0.3) is 0 Å². The van der Waals surface area contributed by atoms with Crippen molar-refractivity contribution in [2.45, 2.75) is 0 Å². The van der Waals surface area contributed by atoms with Gasteiger partial charge in [-0.1, -0.05) is 11.6 Å². The van der Waals surface area contributed by atoms with Crippen molar-refractivity contribution in [3.63, 3.8) is 0 Å². The molecule has 0 radical (unpaired) electrons. The van der Waals surface area contributed by atoms with Crippen molar-refractivity contribution in [2.24, 2.45) is 0 Å². The Hall–Kier alpha value is -1.89. The van der Waals surface area contributed by atoms with Gasteiger partial charge in [0.15, 0.2) is 3.95 Å². The summed E-state index contributed by atoms with van der Waals surface area (Å²) in [6.45, 7) is 0. The number of aromatic nitrogens is 1. The molecule has 0 unspecified atom stereocenters. The van der Waals surface area contributed by atoms with E-state index in [0.29, 0.717) is 20.4 Å². The highest BCUT2D eigenvalue weighted by Crippen LogP contribution is 2.23. The van der Waals surface area contributed by atoms with Crippen molar-refractivity contribution >= 4 is 62.8 Å². The van der Waals surface area contributed by atoms with E-state index in [9.17, 15) is 4.79 Å². The third-order valence-electron chi connectivity index (χ3n) is 2.78. The van der Waals surface area contributed by atoms with E-state index in [4.69, 9.17) is 23.8 Å². The number of fused-ring (bicyclic) bond motifs is 1. The molecule has 0 aliphatic rings. The molecule has 0 bridgehead atoms. The van der Waals surface area contributed by atoms with E-state index in [0.717, 1.165) is 10.2 Å². The second-order valence-electron chi connectivity index (χ2n) is 4.31. The number of hydrogen-bond donors (Lipinski definition) is 3. The van der Waals surface area contributed by atoms with Gasteiger partial charge in [-0.3, -0.25) is 0 Å². The first-order valence-electron chi connectivity index (χ1n) is 6.06. The minimum atomic E-state index is -0.309. The van der Waals surface area contributed by atoms with Crippen LogP contribution in [-0.2, 0) is 0 Å². The molecule has 1 aromatic heterocycles. The molecule has 3 N–H and O–H groups in total. The molecular weight excluding hydrogens is 326 g/mol. The maximum atomic E-state index is 11.9. The van der Waals surface area contributed by atoms with Crippen molar-refractivity contribution in [1.29, 1.82) is 0 Å². The van der Waals surface area contributed by atoms with Crippen molar-refractivity contribution < 1.29 is 4.79 Å². The van der Waals surface area contributed by atoms with Crippen LogP contribution in [0.25, 0.3) is 10.2 Å². The van der Waals surface area contributed by atoms with Crippen LogP contribution in [-0.4, -0.2) is 11.0 Å². The summed E-state index contributed by atoms with van der Waals surface area (Å²) in [7, 11) is 0. The SMILES string of the molecule is O=C(Nc1ccc(Cl)cc1)Nc1ccc2[nH]c(=S)sc2c1. The van der Waals surface area contributed by atoms with Crippen LogP contribution in [0.2, 0.25) is 5.02 Å². The fraction of sp³-hybridized carbons (Fsp3) is 0. The molecule has 3 rings (SSSR count). The Morgan fingerprint density at radius 1 is 1.10 bits per heavy atom. The molecule has 7 heteroatoms. The number of carbonyl (C=O) groups excluding carboxylic acids is 1. The lowest BCUT2D eigenvalue weighted by Crippen LogP contribution is -2.19. The van der Waals surface area contributed by atoms with Gasteiger partial charge in [-0.25, -0.2) is 4.79 Å². The largest absolute Gasteiger partial charge is 0.337 e. The lowest BCUT2D eigenvalue weighted by molar-refractivity contribution is 0.262. The molecule has 4 nitrogen and oxygen atoms in total. The lowest BCUT2D eigenvalue weighted by atomic mass is 10.3. The van der Waals surface area contributed by atoms with Gasteiger partial charge in [-0.15, -0.1) is 11.3 Å². The molecule has 3 aromatic rings. The number of benzene rings is 2. The molecule has 106 valence electrons. The van der Waals surface area contributed by atoms with Gasteiger partial charge in [0.05, 0.1) is 10.2 Å². The van der Waals surface area contributed by atoms with Crippen LogP contribution in [0.5, 0.6) is 0 Å². The van der Waals surface area contributed by atoms with Crippen LogP contribution in [0, 0.1) is 3.95 Å². The Balaban J connectivity index is 1.73. The predicted molar refractivity (Wildman–Crippen MR) is 91.1 cm³/mol. The molecule has 21 heavy (non-hydrogen) atoms. The van der Waals surface area contributed by atoms with Gasteiger partial charge in [-0.05, 0) is 54.7 Å². The molecule has 0 atom stereocenters. The van der Waals surface area contributed by atoms with Crippen LogP contribution >= 0.6 is 35.2 Å².